The summed E-state index contributed by atoms with van der Waals surface area (Å²) in [6, 6.07) is 7.74. The molecule has 2 aliphatic heterocycles. The third kappa shape index (κ3) is 3.11. The van der Waals surface area contributed by atoms with Crippen molar-refractivity contribution in [3.63, 3.8) is 0 Å². The van der Waals surface area contributed by atoms with Gasteiger partial charge in [-0.05, 0) is 30.3 Å². The average Bonchev–Trinajstić information content (AvgIpc) is 3.03. The summed E-state index contributed by atoms with van der Waals surface area (Å²) in [5.74, 6) is 0.507. The van der Waals surface area contributed by atoms with Crippen LogP contribution in [0.15, 0.2) is 65.6 Å². The number of fused-ring (bicyclic) bond motifs is 1. The van der Waals surface area contributed by atoms with E-state index in [9.17, 15) is 12.8 Å². The highest BCUT2D eigenvalue weighted by atomic mass is 32.2. The Kier molecular flexibility index (Phi) is 4.05. The molecule has 27 heavy (non-hydrogen) atoms. The first-order valence-electron chi connectivity index (χ1n) is 8.17. The molecule has 0 aliphatic carbocycles. The number of halogens is 1. The van der Waals surface area contributed by atoms with Gasteiger partial charge in [0.2, 0.25) is 15.0 Å². The van der Waals surface area contributed by atoms with Crippen molar-refractivity contribution in [2.75, 3.05) is 6.26 Å². The van der Waals surface area contributed by atoms with E-state index in [-0.39, 0.29) is 11.0 Å². The minimum absolute atomic E-state index is 0.243. The first kappa shape index (κ1) is 17.4. The molecular weight excluding hydrogens is 369 g/mol. The molecule has 0 atom stereocenters. The van der Waals surface area contributed by atoms with Gasteiger partial charge in [-0.1, -0.05) is 0 Å². The van der Waals surface area contributed by atoms with E-state index in [4.69, 9.17) is 0 Å². The second kappa shape index (κ2) is 6.29. The number of hydrogen-bond acceptors (Lipinski definition) is 6. The molecule has 1 aromatic carbocycles. The Hall–Kier alpha value is -3.04. The molecule has 0 unspecified atom stereocenters. The minimum atomic E-state index is -3.55. The molecule has 3 N–H and O–H groups in total. The fourth-order valence-electron chi connectivity index (χ4n) is 2.99. The lowest BCUT2D eigenvalue weighted by Gasteiger charge is -2.21. The largest absolute Gasteiger partial charge is 0.334 e. The number of allylic oxidation sites excluding steroid dienone is 1. The maximum Gasteiger partial charge on any atom is 0.247 e. The molecule has 4 rings (SSSR count). The van der Waals surface area contributed by atoms with Crippen molar-refractivity contribution in [2.45, 2.75) is 12.1 Å². The minimum Gasteiger partial charge on any atom is -0.334 e. The van der Waals surface area contributed by atoms with Crippen molar-refractivity contribution in [3.05, 3.63) is 77.5 Å². The van der Waals surface area contributed by atoms with Crippen LogP contribution < -0.4 is 10.6 Å². The number of aromatic nitrogens is 2. The van der Waals surface area contributed by atoms with Gasteiger partial charge in [-0.2, -0.15) is 0 Å². The number of rotatable bonds is 3. The van der Waals surface area contributed by atoms with Crippen LogP contribution in [0.4, 0.5) is 4.39 Å². The zero-order chi connectivity index (χ0) is 19.2. The zero-order valence-electron chi connectivity index (χ0n) is 14.6. The normalized spacial score (nSPS) is 16.6. The molecule has 138 valence electrons. The third-order valence-corrected chi connectivity index (χ3v) is 5.12. The van der Waals surface area contributed by atoms with Gasteiger partial charge in [0, 0.05) is 24.9 Å². The Morgan fingerprint density at radius 1 is 1.19 bits per heavy atom. The SMILES string of the molecule is CC1=C2NC(c3ccc(F)cc3)=C(c3ccnc(S(C)(=O)=O)n3)N2C=C[NH2+]1. The van der Waals surface area contributed by atoms with Crippen LogP contribution in [0.5, 0.6) is 0 Å². The molecule has 0 spiro atoms. The van der Waals surface area contributed by atoms with E-state index in [1.54, 1.807) is 18.2 Å². The van der Waals surface area contributed by atoms with Gasteiger partial charge in [0.05, 0.1) is 23.3 Å². The number of quaternary nitrogens is 1. The van der Waals surface area contributed by atoms with E-state index in [0.717, 1.165) is 23.3 Å². The number of nitrogens with one attached hydrogen (secondary N) is 1. The van der Waals surface area contributed by atoms with Crippen LogP contribution in [-0.4, -0.2) is 29.5 Å². The Bertz CT molecular complexity index is 1120. The molecule has 0 amide bonds. The van der Waals surface area contributed by atoms with Gasteiger partial charge in [0.1, 0.15) is 17.7 Å². The molecule has 0 fully saturated rings. The van der Waals surface area contributed by atoms with Crippen molar-refractivity contribution in [1.29, 1.82) is 0 Å². The van der Waals surface area contributed by atoms with E-state index in [1.807, 2.05) is 29.5 Å². The highest BCUT2D eigenvalue weighted by molar-refractivity contribution is 7.90. The van der Waals surface area contributed by atoms with Gasteiger partial charge in [0.25, 0.3) is 0 Å². The molecule has 0 saturated carbocycles. The molecule has 2 aromatic rings. The van der Waals surface area contributed by atoms with Gasteiger partial charge >= 0.3 is 0 Å². The molecule has 1 aromatic heterocycles. The molecule has 0 bridgehead atoms. The topological polar surface area (TPSA) is 91.8 Å². The average molecular weight is 386 g/mol. The quantitative estimate of drug-likeness (QED) is 0.765. The first-order chi connectivity index (χ1) is 12.8. The highest BCUT2D eigenvalue weighted by Crippen LogP contribution is 2.36. The maximum absolute atomic E-state index is 13.4. The molecular formula is C18H17FN5O2S+. The summed E-state index contributed by atoms with van der Waals surface area (Å²) < 4.78 is 37.1. The lowest BCUT2D eigenvalue weighted by atomic mass is 10.1. The fraction of sp³-hybridized carbons (Fsp3) is 0.111. The van der Waals surface area contributed by atoms with E-state index in [2.05, 4.69) is 15.3 Å². The van der Waals surface area contributed by atoms with Crippen molar-refractivity contribution in [3.8, 4) is 0 Å². The molecule has 2 aliphatic rings. The summed E-state index contributed by atoms with van der Waals surface area (Å²) in [6.45, 7) is 1.96. The third-order valence-electron chi connectivity index (χ3n) is 4.26. The Labute approximate surface area is 155 Å². The first-order valence-corrected chi connectivity index (χ1v) is 10.1. The predicted octanol–water partition coefficient (Wildman–Crippen LogP) is 0.987. The van der Waals surface area contributed by atoms with E-state index < -0.39 is 9.84 Å². The number of nitrogens with zero attached hydrogens (tertiary/aromatic N) is 3. The predicted molar refractivity (Wildman–Crippen MR) is 97.1 cm³/mol. The van der Waals surface area contributed by atoms with Crippen molar-refractivity contribution in [1.82, 2.24) is 20.2 Å². The van der Waals surface area contributed by atoms with E-state index in [0.29, 0.717) is 17.1 Å². The summed E-state index contributed by atoms with van der Waals surface area (Å²) in [5.41, 5.74) is 3.60. The second-order valence-corrected chi connectivity index (χ2v) is 8.17. The van der Waals surface area contributed by atoms with Gasteiger partial charge in [0.15, 0.2) is 5.82 Å². The van der Waals surface area contributed by atoms with Crippen LogP contribution in [-0.2, 0) is 9.84 Å². The summed E-state index contributed by atoms with van der Waals surface area (Å²) in [5, 5.41) is 5.08. The summed E-state index contributed by atoms with van der Waals surface area (Å²) in [6.07, 6.45) is 6.25. The van der Waals surface area contributed by atoms with E-state index in [1.165, 1.54) is 18.3 Å². The smallest absolute Gasteiger partial charge is 0.247 e. The van der Waals surface area contributed by atoms with Gasteiger partial charge in [-0.3, -0.25) is 10.2 Å². The summed E-state index contributed by atoms with van der Waals surface area (Å²) in [4.78, 5) is 10.0. The molecule has 7 nitrogen and oxygen atoms in total. The molecule has 3 heterocycles. The van der Waals surface area contributed by atoms with Crippen LogP contribution >= 0.6 is 0 Å². The Balaban J connectivity index is 1.94. The number of hydrogen-bond donors (Lipinski definition) is 2. The second-order valence-electron chi connectivity index (χ2n) is 6.26. The van der Waals surface area contributed by atoms with Crippen molar-refractivity contribution >= 4 is 21.2 Å². The van der Waals surface area contributed by atoms with Crippen LogP contribution in [0.25, 0.3) is 11.4 Å². The van der Waals surface area contributed by atoms with Gasteiger partial charge in [-0.15, -0.1) is 0 Å². The standard InChI is InChI=1S/C18H16FN5O2S/c1-11-17-23-15(12-3-5-13(19)6-4-12)16(24(17)10-9-20-11)14-7-8-21-18(22-14)27(2,25)26/h3-10,20,23H,1-2H3/p+1. The van der Waals surface area contributed by atoms with Crippen molar-refractivity contribution < 1.29 is 18.1 Å². The van der Waals surface area contributed by atoms with Crippen molar-refractivity contribution in [2.24, 2.45) is 0 Å². The monoisotopic (exact) mass is 386 g/mol. The maximum atomic E-state index is 13.4. The molecule has 0 saturated heterocycles. The lowest BCUT2D eigenvalue weighted by Crippen LogP contribution is -2.77. The summed E-state index contributed by atoms with van der Waals surface area (Å²) >= 11 is 0. The number of benzene rings is 1. The van der Waals surface area contributed by atoms with Gasteiger partial charge in [-0.25, -0.2) is 22.8 Å². The summed E-state index contributed by atoms with van der Waals surface area (Å²) in [7, 11) is -3.55. The van der Waals surface area contributed by atoms with Crippen LogP contribution in [0, 0.1) is 5.82 Å². The fourth-order valence-corrected chi connectivity index (χ4v) is 3.50. The number of sulfone groups is 1. The van der Waals surface area contributed by atoms with Crippen LogP contribution in [0.2, 0.25) is 0 Å². The Morgan fingerprint density at radius 2 is 1.93 bits per heavy atom. The van der Waals surface area contributed by atoms with Crippen LogP contribution in [0.3, 0.4) is 0 Å². The van der Waals surface area contributed by atoms with E-state index >= 15 is 0 Å². The highest BCUT2D eigenvalue weighted by Gasteiger charge is 2.33. The number of nitrogens with two attached hydrogens (primary N) is 1. The Morgan fingerprint density at radius 3 is 2.63 bits per heavy atom. The van der Waals surface area contributed by atoms with Gasteiger partial charge < -0.3 is 5.32 Å². The lowest BCUT2D eigenvalue weighted by molar-refractivity contribution is -0.539. The van der Waals surface area contributed by atoms with Crippen LogP contribution in [0.1, 0.15) is 18.2 Å². The molecule has 9 heteroatoms. The molecule has 0 radical (unpaired) electrons. The zero-order valence-corrected chi connectivity index (χ0v) is 15.5.